The molecule has 3 heteroatoms. The molecule has 0 spiro atoms. The van der Waals surface area contributed by atoms with Gasteiger partial charge in [-0.3, -0.25) is 0 Å². The average Bonchev–Trinajstić information content (AvgIpc) is 1.87. The maximum atomic E-state index is 8.83. The van der Waals surface area contributed by atoms with Gasteiger partial charge in [0.2, 0.25) is 0 Å². The van der Waals surface area contributed by atoms with Crippen molar-refractivity contribution < 1.29 is 5.11 Å². The van der Waals surface area contributed by atoms with Crippen LogP contribution in [-0.2, 0) is 0 Å². The van der Waals surface area contributed by atoms with Crippen molar-refractivity contribution in [2.75, 3.05) is 26.2 Å². The second kappa shape index (κ2) is 6.99. The normalized spacial score (nSPS) is 13.5. The first-order valence-corrected chi connectivity index (χ1v) is 3.87. The van der Waals surface area contributed by atoms with Crippen LogP contribution in [0.4, 0.5) is 0 Å². The molecule has 0 amide bonds. The lowest BCUT2D eigenvalue weighted by Gasteiger charge is -2.06. The molecule has 0 fully saturated rings. The lowest BCUT2D eigenvalue weighted by atomic mass is 10.4. The van der Waals surface area contributed by atoms with Crippen molar-refractivity contribution in [1.82, 2.24) is 10.6 Å². The largest absolute Gasteiger partial charge is 0.392 e. The molecular weight excluding hydrogens is 128 g/mol. The van der Waals surface area contributed by atoms with Crippen molar-refractivity contribution in [3.05, 3.63) is 0 Å². The molecule has 0 rings (SSSR count). The molecule has 0 saturated heterocycles. The Kier molecular flexibility index (Phi) is 6.91. The van der Waals surface area contributed by atoms with E-state index in [4.69, 9.17) is 5.11 Å². The van der Waals surface area contributed by atoms with E-state index in [2.05, 4.69) is 17.6 Å². The van der Waals surface area contributed by atoms with Crippen LogP contribution in [-0.4, -0.2) is 37.4 Å². The Morgan fingerprint density at radius 3 is 2.40 bits per heavy atom. The Balaban J connectivity index is 2.77. The summed E-state index contributed by atoms with van der Waals surface area (Å²) in [6, 6.07) is 0. The van der Waals surface area contributed by atoms with Crippen molar-refractivity contribution in [3.8, 4) is 0 Å². The lowest BCUT2D eigenvalue weighted by Crippen LogP contribution is -2.31. The van der Waals surface area contributed by atoms with Crippen molar-refractivity contribution in [3.63, 3.8) is 0 Å². The van der Waals surface area contributed by atoms with Crippen LogP contribution < -0.4 is 10.6 Å². The van der Waals surface area contributed by atoms with Crippen LogP contribution in [0.5, 0.6) is 0 Å². The van der Waals surface area contributed by atoms with Crippen molar-refractivity contribution >= 4 is 0 Å². The van der Waals surface area contributed by atoms with Crippen LogP contribution in [0.25, 0.3) is 0 Å². The fraction of sp³-hybridized carbons (Fsp3) is 1.00. The minimum Gasteiger partial charge on any atom is -0.392 e. The van der Waals surface area contributed by atoms with E-state index in [1.54, 1.807) is 6.92 Å². The molecule has 0 aliphatic heterocycles. The van der Waals surface area contributed by atoms with E-state index in [1.165, 1.54) is 0 Å². The second-order valence-electron chi connectivity index (χ2n) is 2.41. The van der Waals surface area contributed by atoms with Gasteiger partial charge < -0.3 is 15.7 Å². The van der Waals surface area contributed by atoms with Crippen LogP contribution in [0, 0.1) is 0 Å². The predicted molar refractivity (Wildman–Crippen MR) is 43.1 cm³/mol. The molecule has 0 aromatic heterocycles. The fourth-order valence-corrected chi connectivity index (χ4v) is 0.665. The molecule has 0 aromatic carbocycles. The van der Waals surface area contributed by atoms with Crippen LogP contribution in [0.2, 0.25) is 0 Å². The third-order valence-electron chi connectivity index (χ3n) is 1.17. The Hall–Kier alpha value is -0.120. The maximum Gasteiger partial charge on any atom is 0.0636 e. The molecule has 1 atom stereocenters. The van der Waals surface area contributed by atoms with Gasteiger partial charge in [0.25, 0.3) is 0 Å². The van der Waals surface area contributed by atoms with Gasteiger partial charge in [-0.1, -0.05) is 6.92 Å². The zero-order valence-electron chi connectivity index (χ0n) is 6.85. The van der Waals surface area contributed by atoms with Gasteiger partial charge in [0.15, 0.2) is 0 Å². The van der Waals surface area contributed by atoms with Gasteiger partial charge in [0.1, 0.15) is 0 Å². The highest BCUT2D eigenvalue weighted by molar-refractivity contribution is 4.53. The predicted octanol–water partition coefficient (Wildman–Crippen LogP) is -0.434. The SMILES string of the molecule is CCNCCNCC(C)O. The van der Waals surface area contributed by atoms with E-state index >= 15 is 0 Å². The van der Waals surface area contributed by atoms with Gasteiger partial charge in [-0.15, -0.1) is 0 Å². The third-order valence-corrected chi connectivity index (χ3v) is 1.17. The first kappa shape index (κ1) is 9.88. The monoisotopic (exact) mass is 146 g/mol. The summed E-state index contributed by atoms with van der Waals surface area (Å²) in [5.74, 6) is 0. The van der Waals surface area contributed by atoms with Gasteiger partial charge in [-0.05, 0) is 13.5 Å². The van der Waals surface area contributed by atoms with E-state index in [0.29, 0.717) is 6.54 Å². The number of aliphatic hydroxyl groups is 1. The second-order valence-corrected chi connectivity index (χ2v) is 2.41. The molecule has 10 heavy (non-hydrogen) atoms. The lowest BCUT2D eigenvalue weighted by molar-refractivity contribution is 0.191. The van der Waals surface area contributed by atoms with E-state index < -0.39 is 0 Å². The van der Waals surface area contributed by atoms with Crippen molar-refractivity contribution in [1.29, 1.82) is 0 Å². The maximum absolute atomic E-state index is 8.83. The van der Waals surface area contributed by atoms with Crippen molar-refractivity contribution in [2.24, 2.45) is 0 Å². The van der Waals surface area contributed by atoms with Gasteiger partial charge in [-0.2, -0.15) is 0 Å². The molecule has 0 heterocycles. The molecule has 0 aliphatic carbocycles. The number of hydrogen-bond donors (Lipinski definition) is 3. The highest BCUT2D eigenvalue weighted by atomic mass is 16.3. The fourth-order valence-electron chi connectivity index (χ4n) is 0.665. The standard InChI is InChI=1S/C7H18N2O/c1-3-8-4-5-9-6-7(2)10/h7-10H,3-6H2,1-2H3. The van der Waals surface area contributed by atoms with Crippen LogP contribution >= 0.6 is 0 Å². The Morgan fingerprint density at radius 1 is 1.30 bits per heavy atom. The Morgan fingerprint density at radius 2 is 1.90 bits per heavy atom. The smallest absolute Gasteiger partial charge is 0.0636 e. The summed E-state index contributed by atoms with van der Waals surface area (Å²) in [5.41, 5.74) is 0. The molecule has 1 unspecified atom stereocenters. The summed E-state index contributed by atoms with van der Waals surface area (Å²) in [7, 11) is 0. The topological polar surface area (TPSA) is 44.3 Å². The van der Waals surface area contributed by atoms with E-state index in [1.807, 2.05) is 0 Å². The minimum absolute atomic E-state index is 0.235. The zero-order chi connectivity index (χ0) is 7.82. The third kappa shape index (κ3) is 7.88. The molecule has 0 saturated carbocycles. The van der Waals surface area contributed by atoms with Gasteiger partial charge in [-0.25, -0.2) is 0 Å². The number of aliphatic hydroxyl groups excluding tert-OH is 1. The molecule has 3 N–H and O–H groups in total. The van der Waals surface area contributed by atoms with E-state index in [0.717, 1.165) is 19.6 Å². The van der Waals surface area contributed by atoms with Crippen LogP contribution in [0.1, 0.15) is 13.8 Å². The van der Waals surface area contributed by atoms with Crippen LogP contribution in [0.3, 0.4) is 0 Å². The summed E-state index contributed by atoms with van der Waals surface area (Å²) in [6.45, 7) is 7.46. The molecule has 0 bridgehead atoms. The Bertz CT molecular complexity index is 66.6. The summed E-state index contributed by atoms with van der Waals surface area (Å²) in [4.78, 5) is 0. The zero-order valence-corrected chi connectivity index (χ0v) is 6.85. The van der Waals surface area contributed by atoms with E-state index in [9.17, 15) is 0 Å². The number of rotatable bonds is 6. The Labute approximate surface area is 62.8 Å². The molecular formula is C7H18N2O. The molecule has 3 nitrogen and oxygen atoms in total. The number of hydrogen-bond acceptors (Lipinski definition) is 3. The minimum atomic E-state index is -0.235. The highest BCUT2D eigenvalue weighted by Crippen LogP contribution is 1.72. The first-order chi connectivity index (χ1) is 4.77. The summed E-state index contributed by atoms with van der Waals surface area (Å²) >= 11 is 0. The van der Waals surface area contributed by atoms with Gasteiger partial charge in [0, 0.05) is 19.6 Å². The molecule has 62 valence electrons. The van der Waals surface area contributed by atoms with Crippen LogP contribution in [0.15, 0.2) is 0 Å². The first-order valence-electron chi connectivity index (χ1n) is 3.87. The summed E-state index contributed by atoms with van der Waals surface area (Å²) < 4.78 is 0. The van der Waals surface area contributed by atoms with Crippen molar-refractivity contribution in [2.45, 2.75) is 20.0 Å². The summed E-state index contributed by atoms with van der Waals surface area (Å²) in [5, 5.41) is 15.1. The quantitative estimate of drug-likeness (QED) is 0.445. The number of nitrogens with one attached hydrogen (secondary N) is 2. The summed E-state index contributed by atoms with van der Waals surface area (Å²) in [6.07, 6.45) is -0.235. The molecule has 0 radical (unpaired) electrons. The van der Waals surface area contributed by atoms with E-state index in [-0.39, 0.29) is 6.10 Å². The molecule has 0 aromatic rings. The van der Waals surface area contributed by atoms with Gasteiger partial charge in [0.05, 0.1) is 6.10 Å². The highest BCUT2D eigenvalue weighted by Gasteiger charge is 1.91. The molecule has 0 aliphatic rings. The van der Waals surface area contributed by atoms with Gasteiger partial charge >= 0.3 is 0 Å². The number of likely N-dealkylation sites (N-methyl/N-ethyl adjacent to an activating group) is 1. The average molecular weight is 146 g/mol.